The fourth-order valence-electron chi connectivity index (χ4n) is 1.73. The summed E-state index contributed by atoms with van der Waals surface area (Å²) in [4.78, 5) is 26.9. The predicted octanol–water partition coefficient (Wildman–Crippen LogP) is 1.78. The maximum absolute atomic E-state index is 10.9. The zero-order chi connectivity index (χ0) is 14.1. The molecule has 0 fully saturated rings. The maximum atomic E-state index is 10.9. The maximum Gasteiger partial charge on any atom is 0.337 e. The van der Waals surface area contributed by atoms with Crippen LogP contribution in [0.1, 0.15) is 10.4 Å². The number of fused-ring (bicyclic) bond motifs is 1. The lowest BCUT2D eigenvalue weighted by atomic mass is 10.2. The molecule has 0 bridgehead atoms. The highest BCUT2D eigenvalue weighted by Gasteiger charge is 2.11. The number of nitrogens with two attached hydrogens (primary N) is 1. The van der Waals surface area contributed by atoms with Crippen LogP contribution < -0.4 is 5.73 Å². The van der Waals surface area contributed by atoms with Crippen molar-refractivity contribution in [3.8, 4) is 0 Å². The van der Waals surface area contributed by atoms with Gasteiger partial charge < -0.3 is 15.8 Å². The fourth-order valence-corrected chi connectivity index (χ4v) is 2.63. The molecule has 20 heavy (non-hydrogen) atoms. The topological polar surface area (TPSA) is 118 Å². The van der Waals surface area contributed by atoms with Crippen molar-refractivity contribution in [2.24, 2.45) is 0 Å². The Kier molecular flexibility index (Phi) is 2.99. The van der Waals surface area contributed by atoms with Gasteiger partial charge in [0.05, 0.1) is 11.9 Å². The number of aromatic amines is 1. The third kappa shape index (κ3) is 2.16. The van der Waals surface area contributed by atoms with Gasteiger partial charge in [-0.15, -0.1) is 0 Å². The summed E-state index contributed by atoms with van der Waals surface area (Å²) in [5.41, 5.74) is 7.34. The van der Waals surface area contributed by atoms with Crippen molar-refractivity contribution in [2.45, 2.75) is 9.92 Å². The Balaban J connectivity index is 1.97. The summed E-state index contributed by atoms with van der Waals surface area (Å²) >= 11 is 1.36. The van der Waals surface area contributed by atoms with Gasteiger partial charge in [-0.3, -0.25) is 0 Å². The first-order valence-corrected chi connectivity index (χ1v) is 6.41. The molecule has 3 rings (SSSR count). The highest BCUT2D eigenvalue weighted by atomic mass is 32.2. The van der Waals surface area contributed by atoms with Crippen molar-refractivity contribution in [3.63, 3.8) is 0 Å². The molecule has 0 atom stereocenters. The standard InChI is InChI=1S/C12H9N5O2S/c13-8-3-6(1-2-7(8)12(18)19)20-11-9-10(15-4-14-9)16-5-17-11/h1-5H,13H2,(H,18,19)(H,14,15,16,17). The molecule has 0 spiro atoms. The molecule has 7 nitrogen and oxygen atoms in total. The van der Waals surface area contributed by atoms with Crippen molar-refractivity contribution < 1.29 is 9.90 Å². The van der Waals surface area contributed by atoms with Crippen molar-refractivity contribution in [3.05, 3.63) is 36.4 Å². The fraction of sp³-hybridized carbons (Fsp3) is 0. The monoisotopic (exact) mass is 287 g/mol. The van der Waals surface area contributed by atoms with Crippen LogP contribution >= 0.6 is 11.8 Å². The average molecular weight is 287 g/mol. The Hall–Kier alpha value is -2.61. The third-order valence-electron chi connectivity index (χ3n) is 2.66. The average Bonchev–Trinajstić information content (AvgIpc) is 2.87. The number of aromatic nitrogens is 4. The van der Waals surface area contributed by atoms with Crippen molar-refractivity contribution >= 4 is 34.6 Å². The number of hydrogen-bond donors (Lipinski definition) is 3. The van der Waals surface area contributed by atoms with Gasteiger partial charge in [-0.2, -0.15) is 0 Å². The van der Waals surface area contributed by atoms with E-state index in [2.05, 4.69) is 19.9 Å². The Morgan fingerprint density at radius 3 is 2.90 bits per heavy atom. The zero-order valence-electron chi connectivity index (χ0n) is 10.1. The number of hydrogen-bond acceptors (Lipinski definition) is 6. The minimum atomic E-state index is -1.04. The predicted molar refractivity (Wildman–Crippen MR) is 73.6 cm³/mol. The van der Waals surface area contributed by atoms with E-state index in [1.54, 1.807) is 18.5 Å². The quantitative estimate of drug-likeness (QED) is 0.496. The van der Waals surface area contributed by atoms with E-state index in [-0.39, 0.29) is 11.3 Å². The molecular weight excluding hydrogens is 278 g/mol. The second-order valence-corrected chi connectivity index (χ2v) is 5.00. The first-order valence-electron chi connectivity index (χ1n) is 5.60. The van der Waals surface area contributed by atoms with Gasteiger partial charge in [0.2, 0.25) is 0 Å². The summed E-state index contributed by atoms with van der Waals surface area (Å²) in [6.07, 6.45) is 2.98. The van der Waals surface area contributed by atoms with Crippen LogP contribution in [0, 0.1) is 0 Å². The van der Waals surface area contributed by atoms with E-state index in [1.807, 2.05) is 0 Å². The van der Waals surface area contributed by atoms with Gasteiger partial charge in [0.25, 0.3) is 0 Å². The molecule has 2 heterocycles. The lowest BCUT2D eigenvalue weighted by Gasteiger charge is -2.05. The smallest absolute Gasteiger partial charge is 0.337 e. The number of carboxylic acid groups (broad SMARTS) is 1. The Morgan fingerprint density at radius 1 is 1.30 bits per heavy atom. The van der Waals surface area contributed by atoms with Crippen LogP contribution in [0.25, 0.3) is 11.2 Å². The number of carbonyl (C=O) groups is 1. The number of H-pyrrole nitrogens is 1. The van der Waals surface area contributed by atoms with Crippen LogP contribution in [0.15, 0.2) is 40.8 Å². The van der Waals surface area contributed by atoms with Gasteiger partial charge in [0.15, 0.2) is 5.65 Å². The number of nitrogens with one attached hydrogen (secondary N) is 1. The third-order valence-corrected chi connectivity index (χ3v) is 3.65. The largest absolute Gasteiger partial charge is 0.478 e. The Bertz CT molecular complexity index is 801. The number of rotatable bonds is 3. The minimum Gasteiger partial charge on any atom is -0.478 e. The van der Waals surface area contributed by atoms with E-state index in [9.17, 15) is 4.79 Å². The molecular formula is C12H9N5O2S. The van der Waals surface area contributed by atoms with Crippen LogP contribution in [0.3, 0.4) is 0 Å². The van der Waals surface area contributed by atoms with E-state index in [1.165, 1.54) is 24.2 Å². The molecule has 0 saturated carbocycles. The second kappa shape index (κ2) is 4.82. The molecule has 100 valence electrons. The SMILES string of the molecule is Nc1cc(Sc2ncnc3nc[nH]c23)ccc1C(=O)O. The highest BCUT2D eigenvalue weighted by molar-refractivity contribution is 7.99. The summed E-state index contributed by atoms with van der Waals surface area (Å²) in [6.45, 7) is 0. The number of nitrogens with zero attached hydrogens (tertiary/aromatic N) is 3. The lowest BCUT2D eigenvalue weighted by Crippen LogP contribution is -2.01. The number of aromatic carboxylic acids is 1. The summed E-state index contributed by atoms with van der Waals surface area (Å²) in [5.74, 6) is -1.04. The summed E-state index contributed by atoms with van der Waals surface area (Å²) in [5, 5.41) is 9.64. The Morgan fingerprint density at radius 2 is 2.15 bits per heavy atom. The van der Waals surface area contributed by atoms with E-state index in [0.717, 1.165) is 10.4 Å². The van der Waals surface area contributed by atoms with Crippen LogP contribution in [0.2, 0.25) is 0 Å². The van der Waals surface area contributed by atoms with Crippen LogP contribution in [0.5, 0.6) is 0 Å². The number of imidazole rings is 1. The first-order chi connectivity index (χ1) is 9.65. The number of anilines is 1. The molecule has 0 aliphatic rings. The van der Waals surface area contributed by atoms with Crippen LogP contribution in [-0.2, 0) is 0 Å². The first kappa shape index (κ1) is 12.4. The molecule has 2 aromatic heterocycles. The molecule has 0 unspecified atom stereocenters. The van der Waals surface area contributed by atoms with Crippen molar-refractivity contribution in [1.29, 1.82) is 0 Å². The molecule has 0 aliphatic heterocycles. The van der Waals surface area contributed by atoms with Gasteiger partial charge in [-0.05, 0) is 18.2 Å². The molecule has 1 aromatic carbocycles. The number of nitrogen functional groups attached to an aromatic ring is 1. The molecule has 8 heteroatoms. The van der Waals surface area contributed by atoms with Gasteiger partial charge >= 0.3 is 5.97 Å². The van der Waals surface area contributed by atoms with E-state index < -0.39 is 5.97 Å². The van der Waals surface area contributed by atoms with Crippen LogP contribution in [0.4, 0.5) is 5.69 Å². The molecule has 0 radical (unpaired) electrons. The second-order valence-electron chi connectivity index (χ2n) is 3.94. The van der Waals surface area contributed by atoms with E-state index in [0.29, 0.717) is 10.7 Å². The molecule has 0 aliphatic carbocycles. The minimum absolute atomic E-state index is 0.0868. The van der Waals surface area contributed by atoms with Crippen LogP contribution in [-0.4, -0.2) is 31.0 Å². The Labute approximate surface area is 117 Å². The van der Waals surface area contributed by atoms with Gasteiger partial charge in [0, 0.05) is 10.6 Å². The van der Waals surface area contributed by atoms with E-state index in [4.69, 9.17) is 10.8 Å². The normalized spacial score (nSPS) is 10.8. The zero-order valence-corrected chi connectivity index (χ0v) is 10.9. The molecule has 3 aromatic rings. The van der Waals surface area contributed by atoms with E-state index >= 15 is 0 Å². The van der Waals surface area contributed by atoms with Gasteiger partial charge in [-0.25, -0.2) is 19.7 Å². The lowest BCUT2D eigenvalue weighted by molar-refractivity contribution is 0.0698. The number of benzene rings is 1. The summed E-state index contributed by atoms with van der Waals surface area (Å²) < 4.78 is 0. The number of carboxylic acids is 1. The molecule has 0 saturated heterocycles. The van der Waals surface area contributed by atoms with Crippen molar-refractivity contribution in [2.75, 3.05) is 5.73 Å². The van der Waals surface area contributed by atoms with Gasteiger partial charge in [-0.1, -0.05) is 11.8 Å². The summed E-state index contributed by atoms with van der Waals surface area (Å²) in [7, 11) is 0. The summed E-state index contributed by atoms with van der Waals surface area (Å²) in [6, 6.07) is 4.78. The van der Waals surface area contributed by atoms with Gasteiger partial charge in [0.1, 0.15) is 16.9 Å². The molecule has 4 N–H and O–H groups in total. The molecule has 0 amide bonds. The van der Waals surface area contributed by atoms with Crippen molar-refractivity contribution in [1.82, 2.24) is 19.9 Å². The highest BCUT2D eigenvalue weighted by Crippen LogP contribution is 2.31.